The summed E-state index contributed by atoms with van der Waals surface area (Å²) in [5.74, 6) is 1.61. The fraction of sp³-hybridized carbons (Fsp3) is 0.812. The van der Waals surface area contributed by atoms with Crippen LogP contribution in [0.5, 0.6) is 0 Å². The zero-order valence-electron chi connectivity index (χ0n) is 14.0. The van der Waals surface area contributed by atoms with Gasteiger partial charge in [-0.2, -0.15) is 4.98 Å². The number of β-amino-alcohol motifs (C(OH)–C–C–N with tert-alkyl or cyclic N) is 1. The van der Waals surface area contributed by atoms with E-state index in [1.165, 1.54) is 0 Å². The average Bonchev–Trinajstić information content (AvgIpc) is 3.18. The van der Waals surface area contributed by atoms with Gasteiger partial charge in [-0.1, -0.05) is 5.16 Å². The maximum atomic E-state index is 12.2. The Bertz CT molecular complexity index is 576. The molecule has 0 aromatic carbocycles. The number of rotatable bonds is 3. The van der Waals surface area contributed by atoms with Crippen molar-refractivity contribution in [2.24, 2.45) is 0 Å². The summed E-state index contributed by atoms with van der Waals surface area (Å²) in [5, 5.41) is 14.8. The zero-order valence-corrected chi connectivity index (χ0v) is 14.0. The number of amides is 1. The van der Waals surface area contributed by atoms with Gasteiger partial charge >= 0.3 is 6.09 Å². The Labute approximate surface area is 136 Å². The smallest absolute Gasteiger partial charge is 0.410 e. The molecule has 7 heteroatoms. The van der Waals surface area contributed by atoms with Gasteiger partial charge in [-0.25, -0.2) is 4.79 Å². The first-order valence-electron chi connectivity index (χ1n) is 8.27. The van der Waals surface area contributed by atoms with Gasteiger partial charge in [0.2, 0.25) is 5.89 Å². The number of aliphatic hydroxyl groups is 1. The van der Waals surface area contributed by atoms with Crippen molar-refractivity contribution < 1.29 is 19.2 Å². The van der Waals surface area contributed by atoms with Crippen molar-refractivity contribution in [2.45, 2.75) is 70.0 Å². The van der Waals surface area contributed by atoms with Crippen LogP contribution in [-0.4, -0.2) is 50.5 Å². The molecule has 128 valence electrons. The molecule has 0 spiro atoms. The lowest BCUT2D eigenvalue weighted by Crippen LogP contribution is -2.52. The minimum Gasteiger partial charge on any atom is -0.444 e. The number of carbonyl (C=O) groups is 1. The summed E-state index contributed by atoms with van der Waals surface area (Å²) in [4.78, 5) is 18.1. The van der Waals surface area contributed by atoms with E-state index in [2.05, 4.69) is 10.1 Å². The van der Waals surface area contributed by atoms with Crippen molar-refractivity contribution in [3.8, 4) is 0 Å². The molecular formula is C16H25N3O4. The first kappa shape index (κ1) is 16.2. The fourth-order valence-electron chi connectivity index (χ4n) is 2.87. The van der Waals surface area contributed by atoms with E-state index >= 15 is 0 Å². The van der Waals surface area contributed by atoms with Crippen LogP contribution in [0.1, 0.15) is 64.1 Å². The molecule has 0 radical (unpaired) electrons. The number of nitrogens with zero attached hydrogens (tertiary/aromatic N) is 3. The molecule has 23 heavy (non-hydrogen) atoms. The second kappa shape index (κ2) is 5.78. The monoisotopic (exact) mass is 323 g/mol. The minimum absolute atomic E-state index is 0.225. The molecule has 1 atom stereocenters. The van der Waals surface area contributed by atoms with Crippen molar-refractivity contribution >= 4 is 6.09 Å². The second-order valence-corrected chi connectivity index (χ2v) is 7.73. The maximum Gasteiger partial charge on any atom is 0.410 e. The van der Waals surface area contributed by atoms with Gasteiger partial charge in [0, 0.05) is 12.5 Å². The van der Waals surface area contributed by atoms with Crippen molar-refractivity contribution in [1.29, 1.82) is 0 Å². The van der Waals surface area contributed by atoms with Crippen molar-refractivity contribution in [2.75, 3.05) is 13.1 Å². The van der Waals surface area contributed by atoms with Gasteiger partial charge in [0.05, 0.1) is 18.6 Å². The Balaban J connectivity index is 1.62. The van der Waals surface area contributed by atoms with Gasteiger partial charge in [-0.15, -0.1) is 0 Å². The predicted octanol–water partition coefficient (Wildman–Crippen LogP) is 2.25. The summed E-state index contributed by atoms with van der Waals surface area (Å²) in [6.45, 7) is 6.31. The van der Waals surface area contributed by atoms with E-state index < -0.39 is 11.2 Å². The number of carbonyl (C=O) groups excluding carboxylic acids is 1. The molecule has 1 saturated heterocycles. The van der Waals surface area contributed by atoms with Crippen molar-refractivity contribution in [3.63, 3.8) is 0 Å². The van der Waals surface area contributed by atoms with Crippen LogP contribution < -0.4 is 0 Å². The topological polar surface area (TPSA) is 88.7 Å². The second-order valence-electron chi connectivity index (χ2n) is 7.73. The largest absolute Gasteiger partial charge is 0.444 e. The summed E-state index contributed by atoms with van der Waals surface area (Å²) in [6, 6.07) is 0. The van der Waals surface area contributed by atoms with E-state index in [1.807, 2.05) is 20.8 Å². The molecule has 3 rings (SSSR count). The van der Waals surface area contributed by atoms with Crippen LogP contribution >= 0.6 is 0 Å². The van der Waals surface area contributed by atoms with E-state index in [4.69, 9.17) is 9.26 Å². The molecule has 0 bridgehead atoms. The molecule has 1 amide bonds. The molecule has 1 saturated carbocycles. The third-order valence-corrected chi connectivity index (χ3v) is 4.11. The molecule has 1 aromatic heterocycles. The highest BCUT2D eigenvalue weighted by molar-refractivity contribution is 5.68. The van der Waals surface area contributed by atoms with Crippen LogP contribution in [0.15, 0.2) is 4.52 Å². The lowest BCUT2D eigenvalue weighted by atomic mass is 9.90. The molecule has 2 aliphatic rings. The van der Waals surface area contributed by atoms with Gasteiger partial charge < -0.3 is 19.3 Å². The molecule has 7 nitrogen and oxygen atoms in total. The van der Waals surface area contributed by atoms with Crippen molar-refractivity contribution in [3.05, 3.63) is 11.7 Å². The van der Waals surface area contributed by atoms with Gasteiger partial charge in [0.15, 0.2) is 5.82 Å². The predicted molar refractivity (Wildman–Crippen MR) is 82.0 cm³/mol. The standard InChI is InChI=1S/C16H25N3O4/c1-15(2,3)22-14(20)19-8-4-7-16(21,10-19)9-12-17-13(18-23-12)11-5-6-11/h11,21H,4-10H2,1-3H3. The molecule has 1 unspecified atom stereocenters. The Morgan fingerprint density at radius 2 is 2.22 bits per heavy atom. The Hall–Kier alpha value is -1.63. The molecule has 1 aliphatic heterocycles. The van der Waals surface area contributed by atoms with Gasteiger partial charge in [-0.05, 0) is 46.5 Å². The maximum absolute atomic E-state index is 12.2. The van der Waals surface area contributed by atoms with E-state index in [0.29, 0.717) is 24.8 Å². The normalized spacial score (nSPS) is 25.5. The van der Waals surface area contributed by atoms with Crippen LogP contribution in [0.4, 0.5) is 4.79 Å². The highest BCUT2D eigenvalue weighted by Crippen LogP contribution is 2.38. The molecule has 2 heterocycles. The summed E-state index contributed by atoms with van der Waals surface area (Å²) in [5.41, 5.74) is -1.58. The van der Waals surface area contributed by atoms with Crippen LogP contribution in [0.3, 0.4) is 0 Å². The zero-order chi connectivity index (χ0) is 16.7. The lowest BCUT2D eigenvalue weighted by Gasteiger charge is -2.38. The van der Waals surface area contributed by atoms with E-state index in [9.17, 15) is 9.90 Å². The number of ether oxygens (including phenoxy) is 1. The first-order chi connectivity index (χ1) is 10.7. The van der Waals surface area contributed by atoms with E-state index in [-0.39, 0.29) is 19.1 Å². The number of hydrogen-bond donors (Lipinski definition) is 1. The summed E-state index contributed by atoms with van der Waals surface area (Å²) >= 11 is 0. The lowest BCUT2D eigenvalue weighted by molar-refractivity contribution is -0.0458. The Kier molecular flexibility index (Phi) is 4.08. The Morgan fingerprint density at radius 1 is 1.48 bits per heavy atom. The third kappa shape index (κ3) is 4.22. The molecular weight excluding hydrogens is 298 g/mol. The molecule has 1 aromatic rings. The van der Waals surface area contributed by atoms with E-state index in [1.54, 1.807) is 4.90 Å². The van der Waals surface area contributed by atoms with Gasteiger partial charge in [0.1, 0.15) is 5.60 Å². The number of piperidine rings is 1. The van der Waals surface area contributed by atoms with Gasteiger partial charge in [0.25, 0.3) is 0 Å². The SMILES string of the molecule is CC(C)(C)OC(=O)N1CCCC(O)(Cc2nc(C3CC3)no2)C1. The summed E-state index contributed by atoms with van der Waals surface area (Å²) in [7, 11) is 0. The van der Waals surface area contributed by atoms with Crippen LogP contribution in [-0.2, 0) is 11.2 Å². The molecule has 1 N–H and O–H groups in total. The van der Waals surface area contributed by atoms with Crippen LogP contribution in [0.25, 0.3) is 0 Å². The minimum atomic E-state index is -1.04. The highest BCUT2D eigenvalue weighted by atomic mass is 16.6. The van der Waals surface area contributed by atoms with Gasteiger partial charge in [-0.3, -0.25) is 0 Å². The molecule has 1 aliphatic carbocycles. The van der Waals surface area contributed by atoms with Crippen LogP contribution in [0, 0.1) is 0 Å². The summed E-state index contributed by atoms with van der Waals surface area (Å²) in [6.07, 6.45) is 3.42. The Morgan fingerprint density at radius 3 is 2.87 bits per heavy atom. The quantitative estimate of drug-likeness (QED) is 0.918. The first-order valence-corrected chi connectivity index (χ1v) is 8.27. The average molecular weight is 323 g/mol. The van der Waals surface area contributed by atoms with E-state index in [0.717, 1.165) is 25.1 Å². The fourth-order valence-corrected chi connectivity index (χ4v) is 2.87. The number of likely N-dealkylation sites (tertiary alicyclic amines) is 1. The number of aromatic nitrogens is 2. The van der Waals surface area contributed by atoms with Crippen LogP contribution in [0.2, 0.25) is 0 Å². The van der Waals surface area contributed by atoms with Crippen molar-refractivity contribution in [1.82, 2.24) is 15.0 Å². The summed E-state index contributed by atoms with van der Waals surface area (Å²) < 4.78 is 10.6. The number of hydrogen-bond acceptors (Lipinski definition) is 6. The molecule has 2 fully saturated rings. The highest BCUT2D eigenvalue weighted by Gasteiger charge is 2.39. The third-order valence-electron chi connectivity index (χ3n) is 4.11.